The minimum atomic E-state index is -0.833. The summed E-state index contributed by atoms with van der Waals surface area (Å²) in [6, 6.07) is 20.2. The van der Waals surface area contributed by atoms with E-state index in [1.807, 2.05) is 0 Å². The number of fused-ring (bicyclic) bond motifs is 2. The van der Waals surface area contributed by atoms with Crippen LogP contribution >= 0.6 is 0 Å². The van der Waals surface area contributed by atoms with E-state index in [2.05, 4.69) is 61.5 Å². The third kappa shape index (κ3) is 8.57. The molecule has 0 heterocycles. The molecule has 162 valence electrons. The quantitative estimate of drug-likeness (QED) is 0.256. The molecule has 0 aromatic heterocycles. The lowest BCUT2D eigenvalue weighted by atomic mass is 9.96. The highest BCUT2D eigenvalue weighted by Gasteiger charge is 2.03. The molecule has 30 heavy (non-hydrogen) atoms. The largest absolute Gasteiger partial charge is 0.481 e. The van der Waals surface area contributed by atoms with Crippen LogP contribution in [0.5, 0.6) is 0 Å². The van der Waals surface area contributed by atoms with Crippen LogP contribution in [0, 0.1) is 0 Å². The smallest absolute Gasteiger partial charge is 0.300 e. The molecule has 0 aliphatic carbocycles. The van der Waals surface area contributed by atoms with E-state index in [0.29, 0.717) is 0 Å². The van der Waals surface area contributed by atoms with Crippen molar-refractivity contribution in [2.24, 2.45) is 0 Å². The number of aliphatic carboxylic acids is 1. The Labute approximate surface area is 182 Å². The summed E-state index contributed by atoms with van der Waals surface area (Å²) in [5, 5.41) is 12.9. The predicted octanol–water partition coefficient (Wildman–Crippen LogP) is 8.55. The van der Waals surface area contributed by atoms with Crippen LogP contribution in [0.3, 0.4) is 0 Å². The Bertz CT molecular complexity index is 893. The monoisotopic (exact) mass is 406 g/mol. The molecule has 0 aliphatic rings. The van der Waals surface area contributed by atoms with Crippen LogP contribution in [-0.4, -0.2) is 11.1 Å². The van der Waals surface area contributed by atoms with Crippen LogP contribution in [0.2, 0.25) is 0 Å². The Kier molecular flexibility index (Phi) is 11.0. The lowest BCUT2D eigenvalue weighted by Gasteiger charge is -2.09. The number of aryl methyl sites for hydroxylation is 1. The number of unbranched alkanes of at least 4 members (excludes halogenated alkanes) is 9. The van der Waals surface area contributed by atoms with E-state index in [1.54, 1.807) is 0 Å². The van der Waals surface area contributed by atoms with E-state index in [4.69, 9.17) is 9.90 Å². The van der Waals surface area contributed by atoms with Crippen molar-refractivity contribution < 1.29 is 9.90 Å². The van der Waals surface area contributed by atoms with Crippen LogP contribution in [0.4, 0.5) is 0 Å². The molecule has 0 aliphatic heterocycles. The standard InChI is InChI=1S/C26H34.C2H4O2/c1-2-3-4-5-6-7-8-9-10-11-15-22-18-14-19-25-20-23-16-12-13-17-24(23)21-26(22)25;1-2(3)4/h12-14,16-21H,2-11,15H2,1H3;1H3,(H,3,4). The second-order valence-corrected chi connectivity index (χ2v) is 8.29. The van der Waals surface area contributed by atoms with Crippen molar-refractivity contribution in [1.82, 2.24) is 0 Å². The molecule has 0 amide bonds. The minimum Gasteiger partial charge on any atom is -0.481 e. The number of benzene rings is 3. The van der Waals surface area contributed by atoms with E-state index in [9.17, 15) is 0 Å². The maximum absolute atomic E-state index is 9.00. The zero-order valence-corrected chi connectivity index (χ0v) is 18.8. The highest BCUT2D eigenvalue weighted by molar-refractivity contribution is 5.99. The zero-order valence-electron chi connectivity index (χ0n) is 18.8. The number of carboxylic acids is 1. The Morgan fingerprint density at radius 1 is 0.700 bits per heavy atom. The van der Waals surface area contributed by atoms with Gasteiger partial charge in [-0.2, -0.15) is 0 Å². The summed E-state index contributed by atoms with van der Waals surface area (Å²) in [6.07, 6.45) is 15.3. The highest BCUT2D eigenvalue weighted by atomic mass is 16.4. The molecule has 0 unspecified atom stereocenters. The fraction of sp³-hybridized carbons (Fsp3) is 0.464. The molecule has 0 bridgehead atoms. The van der Waals surface area contributed by atoms with E-state index < -0.39 is 5.97 Å². The minimum absolute atomic E-state index is 0.833. The SMILES string of the molecule is CC(=O)O.CCCCCCCCCCCCc1cccc2cc3ccccc3cc12. The van der Waals surface area contributed by atoms with Gasteiger partial charge in [-0.05, 0) is 52.1 Å². The molecule has 3 aromatic carbocycles. The first-order chi connectivity index (χ1) is 14.6. The van der Waals surface area contributed by atoms with Crippen molar-refractivity contribution in [3.05, 3.63) is 60.2 Å². The van der Waals surface area contributed by atoms with Gasteiger partial charge < -0.3 is 5.11 Å². The molecule has 2 heteroatoms. The van der Waals surface area contributed by atoms with E-state index in [1.165, 1.54) is 97.7 Å². The molecular weight excluding hydrogens is 368 g/mol. The molecule has 0 saturated heterocycles. The summed E-state index contributed by atoms with van der Waals surface area (Å²) in [4.78, 5) is 9.00. The summed E-state index contributed by atoms with van der Waals surface area (Å²) in [5.41, 5.74) is 1.52. The van der Waals surface area contributed by atoms with Gasteiger partial charge in [0.15, 0.2) is 0 Å². The fourth-order valence-electron chi connectivity index (χ4n) is 4.05. The predicted molar refractivity (Wildman–Crippen MR) is 130 cm³/mol. The van der Waals surface area contributed by atoms with Gasteiger partial charge in [-0.1, -0.05) is 107 Å². The van der Waals surface area contributed by atoms with Crippen LogP contribution < -0.4 is 0 Å². The summed E-state index contributed by atoms with van der Waals surface area (Å²) in [6.45, 7) is 3.37. The van der Waals surface area contributed by atoms with Crippen molar-refractivity contribution in [2.75, 3.05) is 0 Å². The first-order valence-corrected chi connectivity index (χ1v) is 11.7. The van der Waals surface area contributed by atoms with Gasteiger partial charge in [0.2, 0.25) is 0 Å². The third-order valence-corrected chi connectivity index (χ3v) is 5.64. The number of rotatable bonds is 11. The Morgan fingerprint density at radius 3 is 1.80 bits per heavy atom. The van der Waals surface area contributed by atoms with Crippen molar-refractivity contribution in [3.63, 3.8) is 0 Å². The Hall–Kier alpha value is -2.35. The van der Waals surface area contributed by atoms with E-state index in [0.717, 1.165) is 6.92 Å². The molecular formula is C28H38O2. The first-order valence-electron chi connectivity index (χ1n) is 11.7. The Morgan fingerprint density at radius 2 is 1.20 bits per heavy atom. The summed E-state index contributed by atoms with van der Waals surface area (Å²) in [7, 11) is 0. The summed E-state index contributed by atoms with van der Waals surface area (Å²) < 4.78 is 0. The first kappa shape index (κ1) is 23.9. The average Bonchev–Trinajstić information content (AvgIpc) is 2.73. The molecule has 3 rings (SSSR count). The normalized spacial score (nSPS) is 10.7. The van der Waals surface area contributed by atoms with Gasteiger partial charge in [0.25, 0.3) is 5.97 Å². The summed E-state index contributed by atoms with van der Waals surface area (Å²) >= 11 is 0. The van der Waals surface area contributed by atoms with Gasteiger partial charge in [-0.15, -0.1) is 0 Å². The van der Waals surface area contributed by atoms with Gasteiger partial charge >= 0.3 is 0 Å². The van der Waals surface area contributed by atoms with Crippen LogP contribution in [0.1, 0.15) is 83.6 Å². The average molecular weight is 407 g/mol. The molecule has 3 aromatic rings. The lowest BCUT2D eigenvalue weighted by molar-refractivity contribution is -0.134. The van der Waals surface area contributed by atoms with Crippen LogP contribution in [0.25, 0.3) is 21.5 Å². The molecule has 0 radical (unpaired) electrons. The Balaban J connectivity index is 0.000000735. The highest BCUT2D eigenvalue weighted by Crippen LogP contribution is 2.26. The second kappa shape index (κ2) is 13.8. The third-order valence-electron chi connectivity index (χ3n) is 5.64. The van der Waals surface area contributed by atoms with Crippen molar-refractivity contribution in [2.45, 2.75) is 84.5 Å². The summed E-state index contributed by atoms with van der Waals surface area (Å²) in [5.74, 6) is -0.833. The molecule has 0 saturated carbocycles. The lowest BCUT2D eigenvalue weighted by Crippen LogP contribution is -1.89. The van der Waals surface area contributed by atoms with Gasteiger partial charge in [-0.25, -0.2) is 0 Å². The van der Waals surface area contributed by atoms with Gasteiger partial charge in [0.1, 0.15) is 0 Å². The molecule has 0 atom stereocenters. The molecule has 0 spiro atoms. The molecule has 1 N–H and O–H groups in total. The number of carboxylic acid groups (broad SMARTS) is 1. The van der Waals surface area contributed by atoms with Gasteiger partial charge in [-0.3, -0.25) is 4.79 Å². The molecule has 2 nitrogen and oxygen atoms in total. The van der Waals surface area contributed by atoms with E-state index >= 15 is 0 Å². The maximum Gasteiger partial charge on any atom is 0.300 e. The second-order valence-electron chi connectivity index (χ2n) is 8.29. The zero-order chi connectivity index (χ0) is 21.6. The van der Waals surface area contributed by atoms with E-state index in [-0.39, 0.29) is 0 Å². The van der Waals surface area contributed by atoms with Crippen LogP contribution in [0.15, 0.2) is 54.6 Å². The van der Waals surface area contributed by atoms with Crippen molar-refractivity contribution in [1.29, 1.82) is 0 Å². The van der Waals surface area contributed by atoms with Gasteiger partial charge in [0.05, 0.1) is 0 Å². The van der Waals surface area contributed by atoms with Crippen LogP contribution in [-0.2, 0) is 11.2 Å². The fourth-order valence-corrected chi connectivity index (χ4v) is 4.05. The number of hydrogen-bond donors (Lipinski definition) is 1. The van der Waals surface area contributed by atoms with Gasteiger partial charge in [0, 0.05) is 6.92 Å². The maximum atomic E-state index is 9.00. The number of hydrogen-bond acceptors (Lipinski definition) is 1. The van der Waals surface area contributed by atoms with Crippen molar-refractivity contribution >= 4 is 27.5 Å². The topological polar surface area (TPSA) is 37.3 Å². The number of carbonyl (C=O) groups is 1. The van der Waals surface area contributed by atoms with Crippen molar-refractivity contribution in [3.8, 4) is 0 Å². The molecule has 0 fully saturated rings.